The third kappa shape index (κ3) is 4.77. The lowest BCUT2D eigenvalue weighted by Gasteiger charge is -2.39. The molecule has 1 aliphatic carbocycles. The number of nitrogens with zero attached hydrogens (tertiary/aromatic N) is 3. The Morgan fingerprint density at radius 3 is 2.83 bits per heavy atom. The van der Waals surface area contributed by atoms with Gasteiger partial charge in [0.15, 0.2) is 0 Å². The minimum Gasteiger partial charge on any atom is -0.369 e. The molecule has 0 spiro atoms. The molecule has 0 bridgehead atoms. The van der Waals surface area contributed by atoms with Gasteiger partial charge in [0.05, 0.1) is 11.3 Å². The standard InChI is InChI=1S/C21H28FN5O2S/c1-4-5-6-14-7-10-18(24-12-14)19(28)25-15-8-9-17(22)16(11-15)21(2)13-30(29)27(3)20(23)26-21/h7-10,12,16H,4-6,11,13H2,1-3H3,(H2,23,26)(H,25,28). The number of nitrogens with two attached hydrogens (primary N) is 1. The molecule has 1 aliphatic heterocycles. The van der Waals surface area contributed by atoms with E-state index < -0.39 is 22.4 Å². The lowest BCUT2D eigenvalue weighted by Crippen LogP contribution is -2.52. The van der Waals surface area contributed by atoms with Crippen LogP contribution >= 0.6 is 0 Å². The smallest absolute Gasteiger partial charge is 0.273 e. The fraction of sp³-hybridized carbons (Fsp3) is 0.476. The molecule has 3 rings (SSSR count). The van der Waals surface area contributed by atoms with Crippen LogP contribution in [0.15, 0.2) is 47.0 Å². The van der Waals surface area contributed by atoms with Gasteiger partial charge in [-0.25, -0.2) is 13.6 Å². The maximum Gasteiger partial charge on any atom is 0.273 e. The van der Waals surface area contributed by atoms with E-state index in [1.54, 1.807) is 32.3 Å². The van der Waals surface area contributed by atoms with E-state index in [0.717, 1.165) is 24.8 Å². The van der Waals surface area contributed by atoms with Gasteiger partial charge in [-0.3, -0.25) is 14.1 Å². The normalized spacial score (nSPS) is 26.5. The van der Waals surface area contributed by atoms with Crippen molar-refractivity contribution in [3.63, 3.8) is 0 Å². The third-order valence-corrected chi connectivity index (χ3v) is 7.14. The Bertz CT molecular complexity index is 928. The number of guanidine groups is 1. The molecule has 9 heteroatoms. The van der Waals surface area contributed by atoms with Crippen molar-refractivity contribution in [3.05, 3.63) is 53.3 Å². The van der Waals surface area contributed by atoms with Crippen molar-refractivity contribution in [3.8, 4) is 0 Å². The number of amides is 1. The Balaban J connectivity index is 1.71. The first-order valence-electron chi connectivity index (χ1n) is 10.0. The van der Waals surface area contributed by atoms with Crippen molar-refractivity contribution in [2.75, 3.05) is 12.8 Å². The number of aromatic nitrogens is 1. The number of aliphatic imine (C=N–C) groups is 1. The molecular formula is C21H28FN5O2S. The summed E-state index contributed by atoms with van der Waals surface area (Å²) in [5.41, 5.74) is 6.86. The summed E-state index contributed by atoms with van der Waals surface area (Å²) in [6.45, 7) is 3.87. The van der Waals surface area contributed by atoms with Crippen LogP contribution in [0, 0.1) is 5.92 Å². The topological polar surface area (TPSA) is 101 Å². The van der Waals surface area contributed by atoms with Crippen molar-refractivity contribution in [2.24, 2.45) is 16.6 Å². The molecular weight excluding hydrogens is 405 g/mol. The highest BCUT2D eigenvalue weighted by molar-refractivity contribution is 7.83. The van der Waals surface area contributed by atoms with Gasteiger partial charge < -0.3 is 11.1 Å². The number of aryl methyl sites for hydroxylation is 1. The van der Waals surface area contributed by atoms with Crippen molar-refractivity contribution in [1.82, 2.24) is 14.6 Å². The van der Waals surface area contributed by atoms with Crippen LogP contribution in [0.5, 0.6) is 0 Å². The molecule has 162 valence electrons. The number of rotatable bonds is 6. The van der Waals surface area contributed by atoms with Crippen molar-refractivity contribution < 1.29 is 13.4 Å². The van der Waals surface area contributed by atoms with Gasteiger partial charge in [-0.1, -0.05) is 19.4 Å². The second-order valence-electron chi connectivity index (χ2n) is 7.90. The molecule has 0 radical (unpaired) electrons. The van der Waals surface area contributed by atoms with Gasteiger partial charge in [0.2, 0.25) is 5.96 Å². The lowest BCUT2D eigenvalue weighted by atomic mass is 9.81. The number of halogens is 1. The zero-order valence-electron chi connectivity index (χ0n) is 17.5. The summed E-state index contributed by atoms with van der Waals surface area (Å²) in [5, 5.41) is 2.82. The second kappa shape index (κ2) is 9.07. The first-order valence-corrected chi connectivity index (χ1v) is 11.3. The van der Waals surface area contributed by atoms with E-state index in [9.17, 15) is 13.4 Å². The molecule has 1 amide bonds. The first-order chi connectivity index (χ1) is 14.2. The predicted octanol–water partition coefficient (Wildman–Crippen LogP) is 2.59. The quantitative estimate of drug-likeness (QED) is 0.720. The highest BCUT2D eigenvalue weighted by Gasteiger charge is 2.44. The Morgan fingerprint density at radius 1 is 1.43 bits per heavy atom. The number of allylic oxidation sites excluding steroid dienone is 3. The van der Waals surface area contributed by atoms with E-state index in [4.69, 9.17) is 5.73 Å². The van der Waals surface area contributed by atoms with Crippen LogP contribution in [0.4, 0.5) is 4.39 Å². The zero-order valence-corrected chi connectivity index (χ0v) is 18.3. The number of nitrogens with one attached hydrogen (secondary N) is 1. The summed E-state index contributed by atoms with van der Waals surface area (Å²) < 4.78 is 28.4. The molecule has 1 aromatic rings. The molecule has 3 unspecified atom stereocenters. The number of unbranched alkanes of at least 4 members (excludes halogenated alkanes) is 1. The molecule has 0 saturated heterocycles. The Morgan fingerprint density at radius 2 is 2.20 bits per heavy atom. The van der Waals surface area contributed by atoms with Crippen LogP contribution in [0.1, 0.15) is 49.2 Å². The summed E-state index contributed by atoms with van der Waals surface area (Å²) in [6, 6.07) is 3.60. The number of hydrogen-bond donors (Lipinski definition) is 2. The van der Waals surface area contributed by atoms with Gasteiger partial charge in [-0.05, 0) is 50.0 Å². The molecule has 3 atom stereocenters. The van der Waals surface area contributed by atoms with Crippen LogP contribution in [0.3, 0.4) is 0 Å². The SMILES string of the molecule is CCCCc1ccc(C(=O)NC2=CC=C(F)C(C3(C)CS(=O)N(C)C(N)=N3)C2)nc1. The third-order valence-electron chi connectivity index (χ3n) is 5.52. The molecule has 2 heterocycles. The van der Waals surface area contributed by atoms with E-state index in [1.807, 2.05) is 6.07 Å². The monoisotopic (exact) mass is 433 g/mol. The zero-order chi connectivity index (χ0) is 21.9. The van der Waals surface area contributed by atoms with Crippen LogP contribution in [-0.2, 0) is 17.4 Å². The van der Waals surface area contributed by atoms with E-state index in [0.29, 0.717) is 11.4 Å². The summed E-state index contributed by atoms with van der Waals surface area (Å²) in [5.74, 6) is -1.12. The van der Waals surface area contributed by atoms with Gasteiger partial charge in [-0.15, -0.1) is 0 Å². The van der Waals surface area contributed by atoms with E-state index in [2.05, 4.69) is 22.2 Å². The summed E-state index contributed by atoms with van der Waals surface area (Å²) in [4.78, 5) is 21.3. The highest BCUT2D eigenvalue weighted by atomic mass is 32.2. The van der Waals surface area contributed by atoms with Crippen LogP contribution in [0.2, 0.25) is 0 Å². The lowest BCUT2D eigenvalue weighted by molar-refractivity contribution is 0.0957. The molecule has 7 nitrogen and oxygen atoms in total. The maximum absolute atomic E-state index is 14.7. The molecule has 0 fully saturated rings. The molecule has 3 N–H and O–H groups in total. The first kappa shape index (κ1) is 22.1. The fourth-order valence-electron chi connectivity index (χ4n) is 3.58. The van der Waals surface area contributed by atoms with Gasteiger partial charge in [0.1, 0.15) is 22.5 Å². The van der Waals surface area contributed by atoms with Gasteiger partial charge >= 0.3 is 0 Å². The van der Waals surface area contributed by atoms with E-state index >= 15 is 0 Å². The van der Waals surface area contributed by atoms with E-state index in [1.165, 1.54) is 10.4 Å². The van der Waals surface area contributed by atoms with Crippen LogP contribution in [0.25, 0.3) is 0 Å². The van der Waals surface area contributed by atoms with Gasteiger partial charge in [-0.2, -0.15) is 0 Å². The fourth-order valence-corrected chi connectivity index (χ4v) is 4.79. The Hall–Kier alpha value is -2.55. The van der Waals surface area contributed by atoms with Crippen molar-refractivity contribution in [1.29, 1.82) is 0 Å². The molecule has 0 aromatic carbocycles. The Kier molecular flexibility index (Phi) is 6.70. The maximum atomic E-state index is 14.7. The van der Waals surface area contributed by atoms with Gasteiger partial charge in [0.25, 0.3) is 5.91 Å². The number of carbonyl (C=O) groups is 1. The number of hydrogen-bond acceptors (Lipinski definition) is 5. The molecule has 0 saturated carbocycles. The molecule has 30 heavy (non-hydrogen) atoms. The summed E-state index contributed by atoms with van der Waals surface area (Å²) in [6.07, 6.45) is 7.91. The largest absolute Gasteiger partial charge is 0.369 e. The second-order valence-corrected chi connectivity index (χ2v) is 9.38. The molecule has 2 aliphatic rings. The minimum absolute atomic E-state index is 0.113. The van der Waals surface area contributed by atoms with E-state index in [-0.39, 0.29) is 29.9 Å². The van der Waals surface area contributed by atoms with Gasteiger partial charge in [0, 0.05) is 24.9 Å². The summed E-state index contributed by atoms with van der Waals surface area (Å²) in [7, 11) is 0.200. The molecule has 1 aromatic heterocycles. The van der Waals surface area contributed by atoms with Crippen molar-refractivity contribution in [2.45, 2.75) is 45.1 Å². The number of pyridine rings is 1. The summed E-state index contributed by atoms with van der Waals surface area (Å²) >= 11 is 0. The Labute approximate surface area is 178 Å². The van der Waals surface area contributed by atoms with Crippen LogP contribution in [-0.4, -0.2) is 43.7 Å². The number of carbonyl (C=O) groups excluding carboxylic acids is 1. The van der Waals surface area contributed by atoms with Crippen LogP contribution < -0.4 is 11.1 Å². The minimum atomic E-state index is -1.39. The average Bonchev–Trinajstić information content (AvgIpc) is 2.72. The highest BCUT2D eigenvalue weighted by Crippen LogP contribution is 2.38. The predicted molar refractivity (Wildman–Crippen MR) is 116 cm³/mol. The average molecular weight is 434 g/mol. The van der Waals surface area contributed by atoms with Crippen molar-refractivity contribution >= 4 is 22.9 Å².